The summed E-state index contributed by atoms with van der Waals surface area (Å²) in [6.07, 6.45) is -0.547. The molecule has 4 heteroatoms. The van der Waals surface area contributed by atoms with Gasteiger partial charge in [-0.05, 0) is 72.3 Å². The maximum absolute atomic E-state index is 12.1. The Morgan fingerprint density at radius 1 is 1.20 bits per heavy atom. The van der Waals surface area contributed by atoms with Crippen molar-refractivity contribution in [2.75, 3.05) is 5.32 Å². The molecule has 0 saturated carbocycles. The number of amides is 1. The van der Waals surface area contributed by atoms with Crippen LogP contribution in [0.2, 0.25) is 0 Å². The number of anilines is 1. The third-order valence-corrected chi connectivity index (χ3v) is 3.43. The Bertz CT molecular complexity index is 613. The van der Waals surface area contributed by atoms with Gasteiger partial charge in [-0.25, -0.2) is 0 Å². The lowest BCUT2D eigenvalue weighted by Crippen LogP contribution is -2.30. The zero-order valence-corrected chi connectivity index (χ0v) is 13.5. The molecule has 104 valence electrons. The number of ether oxygens (including phenoxy) is 1. The number of carbonyl (C=O) groups excluding carboxylic acids is 1. The molecule has 2 aromatic carbocycles. The van der Waals surface area contributed by atoms with Crippen LogP contribution in [0.3, 0.4) is 0 Å². The van der Waals surface area contributed by atoms with Crippen LogP contribution in [0, 0.1) is 10.5 Å². The van der Waals surface area contributed by atoms with Gasteiger partial charge < -0.3 is 10.1 Å². The van der Waals surface area contributed by atoms with Crippen LogP contribution in [-0.4, -0.2) is 12.0 Å². The molecule has 0 saturated heterocycles. The number of hydrogen-bond donors (Lipinski definition) is 1. The summed E-state index contributed by atoms with van der Waals surface area (Å²) in [5.74, 6) is 0.540. The molecule has 0 bridgehead atoms. The summed E-state index contributed by atoms with van der Waals surface area (Å²) in [5, 5.41) is 2.85. The molecule has 20 heavy (non-hydrogen) atoms. The highest BCUT2D eigenvalue weighted by atomic mass is 127. The van der Waals surface area contributed by atoms with Gasteiger partial charge >= 0.3 is 0 Å². The lowest BCUT2D eigenvalue weighted by atomic mass is 10.2. The molecule has 1 amide bonds. The molecule has 0 aliphatic carbocycles. The summed E-state index contributed by atoms with van der Waals surface area (Å²) in [4.78, 5) is 12.1. The first kappa shape index (κ1) is 14.8. The molecule has 0 unspecified atom stereocenters. The number of carbonyl (C=O) groups is 1. The first-order chi connectivity index (χ1) is 9.54. The molecule has 0 aliphatic rings. The largest absolute Gasteiger partial charge is 0.481 e. The van der Waals surface area contributed by atoms with Crippen molar-refractivity contribution in [3.63, 3.8) is 0 Å². The van der Waals surface area contributed by atoms with E-state index >= 15 is 0 Å². The van der Waals surface area contributed by atoms with Gasteiger partial charge in [0.2, 0.25) is 0 Å². The smallest absolute Gasteiger partial charge is 0.265 e. The Kier molecular flexibility index (Phi) is 5.00. The monoisotopic (exact) mass is 381 g/mol. The minimum atomic E-state index is -0.547. The van der Waals surface area contributed by atoms with Crippen molar-refractivity contribution in [2.24, 2.45) is 0 Å². The highest BCUT2D eigenvalue weighted by molar-refractivity contribution is 14.1. The van der Waals surface area contributed by atoms with Crippen molar-refractivity contribution in [3.05, 3.63) is 57.7 Å². The third kappa shape index (κ3) is 4.23. The number of rotatable bonds is 4. The number of aryl methyl sites for hydroxylation is 1. The van der Waals surface area contributed by atoms with Crippen molar-refractivity contribution in [1.82, 2.24) is 0 Å². The maximum Gasteiger partial charge on any atom is 0.265 e. The molecule has 3 nitrogen and oxygen atoms in total. The normalized spacial score (nSPS) is 11.8. The lowest BCUT2D eigenvalue weighted by Gasteiger charge is -2.15. The van der Waals surface area contributed by atoms with Gasteiger partial charge in [0.1, 0.15) is 5.75 Å². The Morgan fingerprint density at radius 3 is 2.65 bits per heavy atom. The van der Waals surface area contributed by atoms with E-state index < -0.39 is 6.10 Å². The summed E-state index contributed by atoms with van der Waals surface area (Å²) >= 11 is 2.21. The molecule has 1 atom stereocenters. The van der Waals surface area contributed by atoms with Gasteiger partial charge in [0.25, 0.3) is 5.91 Å². The van der Waals surface area contributed by atoms with Gasteiger partial charge in [0, 0.05) is 9.26 Å². The van der Waals surface area contributed by atoms with E-state index in [-0.39, 0.29) is 5.91 Å². The molecule has 0 aromatic heterocycles. The molecule has 0 fully saturated rings. The van der Waals surface area contributed by atoms with Crippen LogP contribution in [-0.2, 0) is 4.79 Å². The summed E-state index contributed by atoms with van der Waals surface area (Å²) in [5.41, 5.74) is 1.89. The highest BCUT2D eigenvalue weighted by Crippen LogP contribution is 2.17. The number of hydrogen-bond acceptors (Lipinski definition) is 2. The van der Waals surface area contributed by atoms with Crippen LogP contribution in [0.4, 0.5) is 5.69 Å². The maximum atomic E-state index is 12.1. The molecule has 0 radical (unpaired) electrons. The van der Waals surface area contributed by atoms with E-state index in [2.05, 4.69) is 27.9 Å². The molecule has 2 rings (SSSR count). The van der Waals surface area contributed by atoms with E-state index in [4.69, 9.17) is 4.74 Å². The zero-order chi connectivity index (χ0) is 14.5. The fraction of sp³-hybridized carbons (Fsp3) is 0.188. The van der Waals surface area contributed by atoms with E-state index in [9.17, 15) is 4.79 Å². The molecule has 1 N–H and O–H groups in total. The topological polar surface area (TPSA) is 38.3 Å². The molecule has 0 spiro atoms. The second-order valence-corrected chi connectivity index (χ2v) is 5.82. The van der Waals surface area contributed by atoms with E-state index in [1.54, 1.807) is 6.92 Å². The van der Waals surface area contributed by atoms with Gasteiger partial charge in [-0.3, -0.25) is 4.79 Å². The summed E-state index contributed by atoms with van der Waals surface area (Å²) in [7, 11) is 0. The Hall–Kier alpha value is -1.56. The van der Waals surface area contributed by atoms with E-state index in [0.717, 1.165) is 14.8 Å². The average molecular weight is 381 g/mol. The predicted octanol–water partition coefficient (Wildman–Crippen LogP) is 4.01. The Labute approximate surface area is 132 Å². The summed E-state index contributed by atoms with van der Waals surface area (Å²) < 4.78 is 6.72. The predicted molar refractivity (Wildman–Crippen MR) is 89.1 cm³/mol. The number of nitrogens with one attached hydrogen (secondary N) is 1. The van der Waals surface area contributed by atoms with Crippen LogP contribution in [0.1, 0.15) is 12.5 Å². The molecular weight excluding hydrogens is 365 g/mol. The first-order valence-electron chi connectivity index (χ1n) is 6.34. The van der Waals surface area contributed by atoms with Crippen LogP contribution in [0.5, 0.6) is 5.75 Å². The molecular formula is C16H16INO2. The fourth-order valence-electron chi connectivity index (χ4n) is 1.76. The first-order valence-corrected chi connectivity index (χ1v) is 7.42. The molecule has 0 heterocycles. The van der Waals surface area contributed by atoms with Crippen LogP contribution in [0.25, 0.3) is 0 Å². The van der Waals surface area contributed by atoms with Gasteiger partial charge in [0.15, 0.2) is 6.10 Å². The summed E-state index contributed by atoms with van der Waals surface area (Å²) in [6.45, 7) is 3.73. The van der Waals surface area contributed by atoms with E-state index in [0.29, 0.717) is 5.75 Å². The summed E-state index contributed by atoms with van der Waals surface area (Å²) in [6, 6.07) is 15.3. The van der Waals surface area contributed by atoms with E-state index in [1.807, 2.05) is 55.5 Å². The number of halogens is 1. The van der Waals surface area contributed by atoms with Crippen molar-refractivity contribution >= 4 is 34.2 Å². The van der Waals surface area contributed by atoms with Crippen molar-refractivity contribution in [1.29, 1.82) is 0 Å². The Balaban J connectivity index is 1.98. The second-order valence-electron chi connectivity index (χ2n) is 4.58. The third-order valence-electron chi connectivity index (χ3n) is 2.76. The molecule has 0 aliphatic heterocycles. The highest BCUT2D eigenvalue weighted by Gasteiger charge is 2.14. The second kappa shape index (κ2) is 6.74. The van der Waals surface area contributed by atoms with Gasteiger partial charge in [-0.1, -0.05) is 18.2 Å². The lowest BCUT2D eigenvalue weighted by molar-refractivity contribution is -0.122. The SMILES string of the molecule is Cc1cccc(NC(=O)[C@@H](C)Oc2cccc(I)c2)c1. The van der Waals surface area contributed by atoms with Gasteiger partial charge in [-0.2, -0.15) is 0 Å². The minimum absolute atomic E-state index is 0.158. The van der Waals surface area contributed by atoms with Crippen LogP contribution in [0.15, 0.2) is 48.5 Å². The molecule has 2 aromatic rings. The minimum Gasteiger partial charge on any atom is -0.481 e. The zero-order valence-electron chi connectivity index (χ0n) is 11.4. The number of benzene rings is 2. The van der Waals surface area contributed by atoms with Gasteiger partial charge in [-0.15, -0.1) is 0 Å². The van der Waals surface area contributed by atoms with Crippen LogP contribution < -0.4 is 10.1 Å². The fourth-order valence-corrected chi connectivity index (χ4v) is 2.28. The van der Waals surface area contributed by atoms with Gasteiger partial charge in [0.05, 0.1) is 0 Å². The quantitative estimate of drug-likeness (QED) is 0.813. The van der Waals surface area contributed by atoms with Crippen molar-refractivity contribution in [2.45, 2.75) is 20.0 Å². The van der Waals surface area contributed by atoms with E-state index in [1.165, 1.54) is 0 Å². The van der Waals surface area contributed by atoms with Crippen LogP contribution >= 0.6 is 22.6 Å². The van der Waals surface area contributed by atoms with Crippen molar-refractivity contribution < 1.29 is 9.53 Å². The Morgan fingerprint density at radius 2 is 1.95 bits per heavy atom. The standard InChI is InChI=1S/C16H16INO2/c1-11-5-3-7-14(9-11)18-16(19)12(2)20-15-8-4-6-13(17)10-15/h3-10,12H,1-2H3,(H,18,19)/t12-/m1/s1. The average Bonchev–Trinajstić information content (AvgIpc) is 2.38. The van der Waals surface area contributed by atoms with Crippen molar-refractivity contribution in [3.8, 4) is 5.75 Å².